The number of ether oxygens (including phenoxy) is 3. The van der Waals surface area contributed by atoms with E-state index < -0.39 is 5.97 Å². The summed E-state index contributed by atoms with van der Waals surface area (Å²) in [5.74, 6) is 0.985. The summed E-state index contributed by atoms with van der Waals surface area (Å²) in [7, 11) is 0. The molecule has 0 aromatic heterocycles. The molecule has 0 aliphatic carbocycles. The average molecular weight is 509 g/mol. The van der Waals surface area contributed by atoms with Gasteiger partial charge in [0.25, 0.3) is 5.91 Å². The summed E-state index contributed by atoms with van der Waals surface area (Å²) < 4.78 is 16.7. The maximum atomic E-state index is 12.4. The van der Waals surface area contributed by atoms with Crippen molar-refractivity contribution >= 4 is 18.1 Å². The minimum Gasteiger partial charge on any atom is -0.494 e. The summed E-state index contributed by atoms with van der Waals surface area (Å²) >= 11 is 0. The molecule has 0 saturated heterocycles. The number of benzene rings is 4. The molecule has 0 atom stereocenters. The van der Waals surface area contributed by atoms with Crippen LogP contribution in [0, 0.1) is 0 Å². The zero-order valence-corrected chi connectivity index (χ0v) is 21.0. The van der Waals surface area contributed by atoms with Crippen LogP contribution in [0.2, 0.25) is 0 Å². The summed E-state index contributed by atoms with van der Waals surface area (Å²) in [5, 5.41) is 4.01. The number of hydrazone groups is 1. The predicted octanol–water partition coefficient (Wildman–Crippen LogP) is 6.04. The van der Waals surface area contributed by atoms with Gasteiger partial charge in [0.05, 0.1) is 18.4 Å². The van der Waals surface area contributed by atoms with Crippen LogP contribution in [0.1, 0.15) is 45.2 Å². The maximum Gasteiger partial charge on any atom is 0.343 e. The minimum atomic E-state index is -0.461. The second-order valence-corrected chi connectivity index (χ2v) is 8.33. The molecule has 0 saturated carbocycles. The Morgan fingerprint density at radius 3 is 2.00 bits per heavy atom. The lowest BCUT2D eigenvalue weighted by molar-refractivity contribution is 0.0734. The Hall–Kier alpha value is -4.91. The smallest absolute Gasteiger partial charge is 0.343 e. The third-order valence-electron chi connectivity index (χ3n) is 5.40. The van der Waals surface area contributed by atoms with E-state index in [2.05, 4.69) is 10.5 Å². The average Bonchev–Trinajstić information content (AvgIpc) is 2.97. The summed E-state index contributed by atoms with van der Waals surface area (Å²) in [5.41, 5.74) is 5.19. The van der Waals surface area contributed by atoms with Crippen LogP contribution in [0.4, 0.5) is 0 Å². The van der Waals surface area contributed by atoms with E-state index in [4.69, 9.17) is 14.2 Å². The highest BCUT2D eigenvalue weighted by molar-refractivity contribution is 5.95. The van der Waals surface area contributed by atoms with Crippen molar-refractivity contribution in [3.63, 3.8) is 0 Å². The molecule has 4 aromatic rings. The Morgan fingerprint density at radius 2 is 1.34 bits per heavy atom. The first-order valence-electron chi connectivity index (χ1n) is 12.3. The highest BCUT2D eigenvalue weighted by atomic mass is 16.5. The molecule has 0 bridgehead atoms. The topological polar surface area (TPSA) is 86.2 Å². The largest absolute Gasteiger partial charge is 0.494 e. The van der Waals surface area contributed by atoms with Crippen molar-refractivity contribution in [3.8, 4) is 17.2 Å². The molecule has 4 rings (SSSR count). The van der Waals surface area contributed by atoms with Gasteiger partial charge in [-0.1, -0.05) is 37.3 Å². The van der Waals surface area contributed by atoms with Crippen molar-refractivity contribution in [1.29, 1.82) is 0 Å². The Bertz CT molecular complexity index is 1350. The molecule has 0 heterocycles. The number of hydrogen-bond donors (Lipinski definition) is 1. The monoisotopic (exact) mass is 508 g/mol. The second-order valence-electron chi connectivity index (χ2n) is 8.33. The van der Waals surface area contributed by atoms with Gasteiger partial charge >= 0.3 is 5.97 Å². The van der Waals surface area contributed by atoms with Crippen LogP contribution in [0.15, 0.2) is 108 Å². The molecule has 1 amide bonds. The van der Waals surface area contributed by atoms with Crippen LogP contribution in [0.25, 0.3) is 0 Å². The standard InChI is InChI=1S/C31H28N2O5/c1-2-20-36-27-18-12-26(13-19-27)31(35)38-29-14-8-23(9-15-29)21-32-33-30(34)25-10-16-28(17-11-25)37-22-24-6-4-3-5-7-24/h3-19,21H,2,20,22H2,1H3,(H,33,34). The summed E-state index contributed by atoms with van der Waals surface area (Å²) in [6.07, 6.45) is 2.42. The fourth-order valence-electron chi connectivity index (χ4n) is 3.37. The van der Waals surface area contributed by atoms with Gasteiger partial charge in [0.2, 0.25) is 0 Å². The molecule has 4 aromatic carbocycles. The van der Waals surface area contributed by atoms with Gasteiger partial charge in [0.15, 0.2) is 0 Å². The van der Waals surface area contributed by atoms with Gasteiger partial charge < -0.3 is 14.2 Å². The van der Waals surface area contributed by atoms with E-state index in [1.54, 1.807) is 72.8 Å². The number of esters is 1. The Morgan fingerprint density at radius 1 is 0.737 bits per heavy atom. The van der Waals surface area contributed by atoms with Gasteiger partial charge in [-0.2, -0.15) is 5.10 Å². The summed E-state index contributed by atoms with van der Waals surface area (Å²) in [6.45, 7) is 3.11. The Balaban J connectivity index is 1.23. The molecule has 0 fully saturated rings. The molecule has 0 spiro atoms. The quantitative estimate of drug-likeness (QED) is 0.116. The first-order chi connectivity index (χ1) is 18.6. The van der Waals surface area contributed by atoms with Crippen LogP contribution in [-0.2, 0) is 6.61 Å². The lowest BCUT2D eigenvalue weighted by atomic mass is 10.2. The molecule has 7 nitrogen and oxygen atoms in total. The van der Waals surface area contributed by atoms with Crippen LogP contribution in [-0.4, -0.2) is 24.7 Å². The van der Waals surface area contributed by atoms with E-state index >= 15 is 0 Å². The van der Waals surface area contributed by atoms with E-state index in [9.17, 15) is 9.59 Å². The van der Waals surface area contributed by atoms with Crippen LogP contribution < -0.4 is 19.6 Å². The maximum absolute atomic E-state index is 12.4. The van der Waals surface area contributed by atoms with Crippen molar-refractivity contribution in [2.24, 2.45) is 5.10 Å². The summed E-state index contributed by atoms with van der Waals surface area (Å²) in [4.78, 5) is 24.8. The van der Waals surface area contributed by atoms with Crippen molar-refractivity contribution in [3.05, 3.63) is 125 Å². The fourth-order valence-corrected chi connectivity index (χ4v) is 3.37. The first kappa shape index (κ1) is 26.2. The molecular weight excluding hydrogens is 480 g/mol. The number of carbonyl (C=O) groups is 2. The van der Waals surface area contributed by atoms with Crippen molar-refractivity contribution in [2.75, 3.05) is 6.61 Å². The lowest BCUT2D eigenvalue weighted by Crippen LogP contribution is -2.17. The SMILES string of the molecule is CCCOc1ccc(C(=O)Oc2ccc(C=NNC(=O)c3ccc(OCc4ccccc4)cc3)cc2)cc1. The predicted molar refractivity (Wildman–Crippen MR) is 146 cm³/mol. The zero-order chi connectivity index (χ0) is 26.6. The van der Waals surface area contributed by atoms with Crippen LogP contribution in [0.3, 0.4) is 0 Å². The van der Waals surface area contributed by atoms with E-state index in [0.29, 0.717) is 41.6 Å². The molecule has 0 unspecified atom stereocenters. The number of nitrogens with zero attached hydrogens (tertiary/aromatic N) is 1. The van der Waals surface area contributed by atoms with Crippen molar-refractivity contribution < 1.29 is 23.8 Å². The Kier molecular flexibility index (Phi) is 9.23. The second kappa shape index (κ2) is 13.4. The van der Waals surface area contributed by atoms with Gasteiger partial charge in [-0.15, -0.1) is 0 Å². The first-order valence-corrected chi connectivity index (χ1v) is 12.3. The molecule has 0 radical (unpaired) electrons. The van der Waals surface area contributed by atoms with Crippen LogP contribution in [0.5, 0.6) is 17.2 Å². The highest BCUT2D eigenvalue weighted by Crippen LogP contribution is 2.17. The van der Waals surface area contributed by atoms with Gasteiger partial charge in [0, 0.05) is 5.56 Å². The van der Waals surface area contributed by atoms with Crippen LogP contribution >= 0.6 is 0 Å². The molecular formula is C31H28N2O5. The van der Waals surface area contributed by atoms with E-state index in [1.807, 2.05) is 37.3 Å². The third-order valence-corrected chi connectivity index (χ3v) is 5.40. The number of amides is 1. The number of nitrogens with one attached hydrogen (secondary N) is 1. The van der Waals surface area contributed by atoms with E-state index in [0.717, 1.165) is 17.5 Å². The van der Waals surface area contributed by atoms with E-state index in [-0.39, 0.29) is 5.91 Å². The van der Waals surface area contributed by atoms with Crippen molar-refractivity contribution in [1.82, 2.24) is 5.43 Å². The lowest BCUT2D eigenvalue weighted by Gasteiger charge is -2.07. The van der Waals surface area contributed by atoms with E-state index in [1.165, 1.54) is 6.21 Å². The number of carbonyl (C=O) groups excluding carboxylic acids is 2. The molecule has 0 aliphatic rings. The molecule has 38 heavy (non-hydrogen) atoms. The Labute approximate surface area is 221 Å². The number of rotatable bonds is 11. The normalized spacial score (nSPS) is 10.7. The molecule has 192 valence electrons. The molecule has 7 heteroatoms. The summed E-state index contributed by atoms with van der Waals surface area (Å²) in [6, 6.07) is 30.3. The number of hydrogen-bond acceptors (Lipinski definition) is 6. The molecule has 1 N–H and O–H groups in total. The highest BCUT2D eigenvalue weighted by Gasteiger charge is 2.09. The van der Waals surface area contributed by atoms with Gasteiger partial charge in [-0.25, -0.2) is 10.2 Å². The van der Waals surface area contributed by atoms with Crippen molar-refractivity contribution in [2.45, 2.75) is 20.0 Å². The third kappa shape index (κ3) is 7.80. The molecule has 0 aliphatic heterocycles. The zero-order valence-electron chi connectivity index (χ0n) is 21.0. The minimum absolute atomic E-state index is 0.340. The van der Waals surface area contributed by atoms with Gasteiger partial charge in [-0.3, -0.25) is 4.79 Å². The fraction of sp³-hybridized carbons (Fsp3) is 0.129. The van der Waals surface area contributed by atoms with Gasteiger partial charge in [0.1, 0.15) is 23.9 Å². The van der Waals surface area contributed by atoms with Gasteiger partial charge in [-0.05, 0) is 90.3 Å².